The zero-order valence-electron chi connectivity index (χ0n) is 17.0. The summed E-state index contributed by atoms with van der Waals surface area (Å²) in [5.41, 5.74) is 0.682. The Balaban J connectivity index is 5.90. The fourth-order valence-corrected chi connectivity index (χ4v) is 11.7. The minimum atomic E-state index is -2.36. The summed E-state index contributed by atoms with van der Waals surface area (Å²) in [5, 5.41) is -0.742. The molecule has 1 unspecified atom stereocenters. The highest BCUT2D eigenvalue weighted by Crippen LogP contribution is 2.52. The van der Waals surface area contributed by atoms with Crippen LogP contribution in [0.25, 0.3) is 0 Å². The van der Waals surface area contributed by atoms with Gasteiger partial charge in [0.25, 0.3) is 14.3 Å². The van der Waals surface area contributed by atoms with E-state index < -0.39 is 22.6 Å². The topological polar surface area (TPSA) is 44.8 Å². The average Bonchev–Trinajstić information content (AvgIpc) is 2.42. The van der Waals surface area contributed by atoms with Gasteiger partial charge in [0, 0.05) is 14.2 Å². The van der Waals surface area contributed by atoms with Gasteiger partial charge in [-0.25, -0.2) is 0 Å². The predicted molar refractivity (Wildman–Crippen MR) is 100 cm³/mol. The average molecular weight is 362 g/mol. The molecule has 0 spiro atoms. The van der Waals surface area contributed by atoms with Gasteiger partial charge < -0.3 is 13.3 Å². The van der Waals surface area contributed by atoms with Crippen LogP contribution in [0.4, 0.5) is 0 Å². The van der Waals surface area contributed by atoms with Crippen LogP contribution in [0, 0.1) is 0 Å². The first-order chi connectivity index (χ1) is 10.3. The van der Waals surface area contributed by atoms with Crippen molar-refractivity contribution in [2.75, 3.05) is 14.2 Å². The standard InChI is InChI=1S/C17H37O4Si2/c1-12-17(9,22(19-10)20-11)15(18)21-23(13(2)3,14(4)5)16(6,7)8/h13-14H,12H2,1-11H3. The molecule has 6 heteroatoms. The zero-order valence-corrected chi connectivity index (χ0v) is 19.0. The van der Waals surface area contributed by atoms with E-state index in [0.717, 1.165) is 0 Å². The van der Waals surface area contributed by atoms with Crippen LogP contribution >= 0.6 is 0 Å². The van der Waals surface area contributed by atoms with Crippen molar-refractivity contribution < 1.29 is 18.1 Å². The molecule has 0 aliphatic rings. The Kier molecular flexibility index (Phi) is 8.21. The molecule has 0 amide bonds. The van der Waals surface area contributed by atoms with Gasteiger partial charge in [-0.15, -0.1) is 0 Å². The first-order valence-electron chi connectivity index (χ1n) is 8.53. The van der Waals surface area contributed by atoms with E-state index in [1.54, 1.807) is 14.2 Å². The van der Waals surface area contributed by atoms with Crippen LogP contribution in [0.15, 0.2) is 0 Å². The molecule has 1 atom stereocenters. The summed E-state index contributed by atoms with van der Waals surface area (Å²) in [6, 6.07) is 0. The molecule has 0 heterocycles. The number of rotatable bonds is 8. The molecule has 0 aliphatic heterocycles. The molecular formula is C17H37O4Si2. The number of hydrogen-bond donors (Lipinski definition) is 0. The fourth-order valence-electron chi connectivity index (χ4n) is 3.96. The summed E-state index contributed by atoms with van der Waals surface area (Å²) >= 11 is 0. The van der Waals surface area contributed by atoms with E-state index in [4.69, 9.17) is 13.3 Å². The van der Waals surface area contributed by atoms with Crippen molar-refractivity contribution in [3.05, 3.63) is 0 Å². The Morgan fingerprint density at radius 1 is 1.00 bits per heavy atom. The Hall–Kier alpha value is -0.176. The molecule has 0 saturated carbocycles. The van der Waals surface area contributed by atoms with E-state index >= 15 is 0 Å². The molecule has 0 aromatic carbocycles. The van der Waals surface area contributed by atoms with Crippen molar-refractivity contribution >= 4 is 23.6 Å². The van der Waals surface area contributed by atoms with Crippen LogP contribution < -0.4 is 0 Å². The lowest BCUT2D eigenvalue weighted by atomic mass is 10.1. The summed E-state index contributed by atoms with van der Waals surface area (Å²) in [4.78, 5) is 13.2. The first kappa shape index (κ1) is 22.8. The van der Waals surface area contributed by atoms with E-state index in [0.29, 0.717) is 17.5 Å². The molecule has 0 bridgehead atoms. The third kappa shape index (κ3) is 4.27. The number of hydrogen-bond acceptors (Lipinski definition) is 4. The molecule has 1 radical (unpaired) electrons. The summed E-state index contributed by atoms with van der Waals surface area (Å²) in [6.45, 7) is 19.3. The van der Waals surface area contributed by atoms with Crippen molar-refractivity contribution in [3.8, 4) is 0 Å². The van der Waals surface area contributed by atoms with Crippen molar-refractivity contribution in [2.45, 2.75) is 89.9 Å². The van der Waals surface area contributed by atoms with E-state index in [1.807, 2.05) is 13.8 Å². The Bertz CT molecular complexity index is 379. The second-order valence-corrected chi connectivity index (χ2v) is 16.2. The molecule has 0 aromatic rings. The minimum absolute atomic E-state index is 0.0350. The smallest absolute Gasteiger partial charge is 0.402 e. The Labute approximate surface area is 146 Å². The lowest BCUT2D eigenvalue weighted by Crippen LogP contribution is -2.56. The van der Waals surface area contributed by atoms with E-state index in [2.05, 4.69) is 48.5 Å². The van der Waals surface area contributed by atoms with Crippen LogP contribution in [0.5, 0.6) is 0 Å². The predicted octanol–water partition coefficient (Wildman–Crippen LogP) is 5.05. The van der Waals surface area contributed by atoms with Crippen LogP contribution in [-0.2, 0) is 18.1 Å². The normalized spacial score (nSPS) is 16.1. The fraction of sp³-hybridized carbons (Fsp3) is 0.941. The molecule has 0 saturated heterocycles. The third-order valence-electron chi connectivity index (χ3n) is 5.13. The minimum Gasteiger partial charge on any atom is -0.518 e. The highest BCUT2D eigenvalue weighted by molar-refractivity contribution is 6.80. The molecule has 4 nitrogen and oxygen atoms in total. The van der Waals surface area contributed by atoms with Gasteiger partial charge in [-0.05, 0) is 29.5 Å². The van der Waals surface area contributed by atoms with Gasteiger partial charge in [0.15, 0.2) is 0 Å². The van der Waals surface area contributed by atoms with Crippen molar-refractivity contribution in [1.29, 1.82) is 0 Å². The summed E-state index contributed by atoms with van der Waals surface area (Å²) in [6.07, 6.45) is 0.645. The summed E-state index contributed by atoms with van der Waals surface area (Å²) < 4.78 is 17.4. The van der Waals surface area contributed by atoms with E-state index in [-0.39, 0.29) is 11.0 Å². The van der Waals surface area contributed by atoms with Crippen molar-refractivity contribution in [1.82, 2.24) is 0 Å². The maximum Gasteiger partial charge on any atom is 0.402 e. The van der Waals surface area contributed by atoms with Gasteiger partial charge in [-0.1, -0.05) is 55.4 Å². The van der Waals surface area contributed by atoms with E-state index in [1.165, 1.54) is 0 Å². The van der Waals surface area contributed by atoms with Gasteiger partial charge in [0.1, 0.15) is 5.04 Å². The van der Waals surface area contributed by atoms with Crippen molar-refractivity contribution in [2.24, 2.45) is 0 Å². The van der Waals surface area contributed by atoms with Gasteiger partial charge in [0.05, 0.1) is 0 Å². The lowest BCUT2D eigenvalue weighted by molar-refractivity contribution is -0.140. The van der Waals surface area contributed by atoms with Crippen LogP contribution in [0.2, 0.25) is 21.2 Å². The van der Waals surface area contributed by atoms with Gasteiger partial charge in [-0.3, -0.25) is 4.79 Å². The Morgan fingerprint density at radius 2 is 1.39 bits per heavy atom. The highest BCUT2D eigenvalue weighted by atomic mass is 28.4. The first-order valence-corrected chi connectivity index (χ1v) is 11.9. The van der Waals surface area contributed by atoms with E-state index in [9.17, 15) is 4.79 Å². The third-order valence-corrected chi connectivity index (χ3v) is 13.6. The van der Waals surface area contributed by atoms with Gasteiger partial charge in [0.2, 0.25) is 0 Å². The second-order valence-electron chi connectivity index (χ2n) is 8.12. The number of carbonyl (C=O) groups is 1. The molecule has 23 heavy (non-hydrogen) atoms. The molecule has 137 valence electrons. The maximum absolute atomic E-state index is 13.2. The summed E-state index contributed by atoms with van der Waals surface area (Å²) in [5.74, 6) is -0.151. The quantitative estimate of drug-likeness (QED) is 0.568. The largest absolute Gasteiger partial charge is 0.518 e. The molecule has 0 aromatic heterocycles. The van der Waals surface area contributed by atoms with Gasteiger partial charge in [-0.2, -0.15) is 0 Å². The van der Waals surface area contributed by atoms with Gasteiger partial charge >= 0.3 is 9.28 Å². The summed E-state index contributed by atoms with van der Waals surface area (Å²) in [7, 11) is -0.867. The highest BCUT2D eigenvalue weighted by Gasteiger charge is 2.57. The molecule has 0 rings (SSSR count). The van der Waals surface area contributed by atoms with Crippen LogP contribution in [0.3, 0.4) is 0 Å². The SMILES string of the molecule is CCC(C)(C(=O)O[Si](C(C)C)(C(C)C)C(C)(C)C)[Si](OC)OC. The number of carbonyl (C=O) groups excluding carboxylic acids is 1. The molecule has 0 N–H and O–H groups in total. The van der Waals surface area contributed by atoms with Crippen LogP contribution in [0.1, 0.15) is 68.7 Å². The molecular weight excluding hydrogens is 324 g/mol. The zero-order chi connectivity index (χ0) is 18.6. The second kappa shape index (κ2) is 8.27. The Morgan fingerprint density at radius 3 is 1.61 bits per heavy atom. The maximum atomic E-state index is 13.2. The van der Waals surface area contributed by atoms with Crippen LogP contribution in [-0.4, -0.2) is 37.8 Å². The lowest BCUT2D eigenvalue weighted by Gasteiger charge is -2.49. The molecule has 0 fully saturated rings. The monoisotopic (exact) mass is 361 g/mol. The molecule has 0 aliphatic carbocycles. The van der Waals surface area contributed by atoms with Crippen molar-refractivity contribution in [3.63, 3.8) is 0 Å².